The highest BCUT2D eigenvalue weighted by molar-refractivity contribution is 8.00. The van der Waals surface area contributed by atoms with E-state index >= 15 is 0 Å². The molecule has 3 heterocycles. The smallest absolute Gasteiger partial charge is 0.235 e. The molecule has 1 aliphatic rings. The number of hydrogen-bond donors (Lipinski definition) is 0. The number of likely N-dealkylation sites (tertiary alicyclic amines) is 1. The van der Waals surface area contributed by atoms with Gasteiger partial charge in [0.25, 0.3) is 0 Å². The maximum Gasteiger partial charge on any atom is 0.235 e. The van der Waals surface area contributed by atoms with Crippen LogP contribution in [0.15, 0.2) is 29.7 Å². The van der Waals surface area contributed by atoms with Crippen molar-refractivity contribution >= 4 is 17.7 Å². The van der Waals surface area contributed by atoms with E-state index in [1.54, 1.807) is 12.4 Å². The minimum absolute atomic E-state index is 0.155. The van der Waals surface area contributed by atoms with Crippen LogP contribution in [-0.2, 0) is 11.3 Å². The molecule has 2 aromatic heterocycles. The molecule has 1 aliphatic heterocycles. The molecule has 1 saturated heterocycles. The van der Waals surface area contributed by atoms with Gasteiger partial charge in [-0.3, -0.25) is 9.78 Å². The van der Waals surface area contributed by atoms with Crippen LogP contribution in [0.3, 0.4) is 0 Å². The first kappa shape index (κ1) is 17.9. The summed E-state index contributed by atoms with van der Waals surface area (Å²) >= 11 is 1.50. The molecule has 0 N–H and O–H groups in total. The van der Waals surface area contributed by atoms with Gasteiger partial charge in [-0.2, -0.15) is 0 Å². The molecule has 0 spiro atoms. The predicted octanol–water partition coefficient (Wildman–Crippen LogP) is 3.24. The van der Waals surface area contributed by atoms with Gasteiger partial charge in [-0.05, 0) is 38.8 Å². The van der Waals surface area contributed by atoms with Crippen molar-refractivity contribution in [3.8, 4) is 11.4 Å². The summed E-state index contributed by atoms with van der Waals surface area (Å²) < 4.78 is 2.06. The highest BCUT2D eigenvalue weighted by Gasteiger charge is 2.25. The molecule has 1 unspecified atom stereocenters. The third-order valence-electron chi connectivity index (χ3n) is 4.52. The molecular formula is C18H25N5OS. The quantitative estimate of drug-likeness (QED) is 0.767. The number of rotatable bonds is 5. The molecule has 1 fully saturated rings. The molecule has 0 saturated carbocycles. The number of amides is 1. The Kier molecular flexibility index (Phi) is 6.07. The number of carbonyl (C=O) groups excluding carboxylic acids is 1. The highest BCUT2D eigenvalue weighted by Crippen LogP contribution is 2.27. The topological polar surface area (TPSA) is 63.9 Å². The summed E-state index contributed by atoms with van der Waals surface area (Å²) in [6.45, 7) is 6.56. The van der Waals surface area contributed by atoms with Gasteiger partial charge in [0.2, 0.25) is 5.91 Å². The second-order valence-electron chi connectivity index (χ2n) is 6.29. The van der Waals surface area contributed by atoms with E-state index in [1.807, 2.05) is 24.0 Å². The summed E-state index contributed by atoms with van der Waals surface area (Å²) in [4.78, 5) is 18.8. The van der Waals surface area contributed by atoms with Crippen molar-refractivity contribution in [2.45, 2.75) is 56.5 Å². The van der Waals surface area contributed by atoms with E-state index in [0.29, 0.717) is 0 Å². The maximum absolute atomic E-state index is 12.8. The maximum atomic E-state index is 12.8. The largest absolute Gasteiger partial charge is 0.342 e. The fraction of sp³-hybridized carbons (Fsp3) is 0.556. The van der Waals surface area contributed by atoms with Crippen molar-refractivity contribution in [3.63, 3.8) is 0 Å². The van der Waals surface area contributed by atoms with Crippen LogP contribution in [0.2, 0.25) is 0 Å². The summed E-state index contributed by atoms with van der Waals surface area (Å²) in [6.07, 6.45) is 8.18. The molecular weight excluding hydrogens is 334 g/mol. The van der Waals surface area contributed by atoms with Gasteiger partial charge in [0.05, 0.1) is 5.25 Å². The SMILES string of the molecule is CCn1c(SC(C)C(=O)N2CCCCCC2)nnc1-c1ccncc1. The zero-order valence-electron chi connectivity index (χ0n) is 14.9. The molecule has 1 amide bonds. The Morgan fingerprint density at radius 1 is 1.16 bits per heavy atom. The number of thioether (sulfide) groups is 1. The summed E-state index contributed by atoms with van der Waals surface area (Å²) in [5.41, 5.74) is 0.989. The summed E-state index contributed by atoms with van der Waals surface area (Å²) in [5, 5.41) is 9.31. The van der Waals surface area contributed by atoms with E-state index < -0.39 is 0 Å². The second kappa shape index (κ2) is 8.47. The van der Waals surface area contributed by atoms with Crippen LogP contribution in [0.1, 0.15) is 39.5 Å². The van der Waals surface area contributed by atoms with Crippen LogP contribution in [-0.4, -0.2) is 48.9 Å². The predicted molar refractivity (Wildman–Crippen MR) is 99.3 cm³/mol. The van der Waals surface area contributed by atoms with Crippen molar-refractivity contribution in [1.82, 2.24) is 24.6 Å². The number of carbonyl (C=O) groups is 1. The van der Waals surface area contributed by atoms with Gasteiger partial charge in [0.1, 0.15) is 0 Å². The Morgan fingerprint density at radius 2 is 1.84 bits per heavy atom. The summed E-state index contributed by atoms with van der Waals surface area (Å²) in [5.74, 6) is 1.03. The van der Waals surface area contributed by atoms with Crippen molar-refractivity contribution < 1.29 is 4.79 Å². The Morgan fingerprint density at radius 3 is 2.48 bits per heavy atom. The molecule has 0 bridgehead atoms. The van der Waals surface area contributed by atoms with E-state index in [0.717, 1.165) is 49.0 Å². The molecule has 25 heavy (non-hydrogen) atoms. The second-order valence-corrected chi connectivity index (χ2v) is 7.59. The Bertz CT molecular complexity index is 695. The Balaban J connectivity index is 1.74. The first-order valence-corrected chi connectivity index (χ1v) is 9.87. The minimum atomic E-state index is -0.155. The normalized spacial score (nSPS) is 16.5. The average molecular weight is 359 g/mol. The Hall–Kier alpha value is -1.89. The van der Waals surface area contributed by atoms with Crippen molar-refractivity contribution in [2.75, 3.05) is 13.1 Å². The van der Waals surface area contributed by atoms with Gasteiger partial charge in [0, 0.05) is 37.6 Å². The van der Waals surface area contributed by atoms with Crippen molar-refractivity contribution in [3.05, 3.63) is 24.5 Å². The highest BCUT2D eigenvalue weighted by atomic mass is 32.2. The fourth-order valence-electron chi connectivity index (χ4n) is 3.13. The monoisotopic (exact) mass is 359 g/mol. The number of nitrogens with zero attached hydrogens (tertiary/aromatic N) is 5. The van der Waals surface area contributed by atoms with E-state index in [2.05, 4.69) is 26.7 Å². The van der Waals surface area contributed by atoms with Crippen LogP contribution in [0.5, 0.6) is 0 Å². The van der Waals surface area contributed by atoms with Gasteiger partial charge < -0.3 is 9.47 Å². The minimum Gasteiger partial charge on any atom is -0.342 e. The third kappa shape index (κ3) is 4.21. The van der Waals surface area contributed by atoms with Crippen LogP contribution in [0, 0.1) is 0 Å². The van der Waals surface area contributed by atoms with Crippen molar-refractivity contribution in [2.24, 2.45) is 0 Å². The fourth-order valence-corrected chi connectivity index (χ4v) is 4.13. The van der Waals surface area contributed by atoms with Crippen LogP contribution >= 0.6 is 11.8 Å². The van der Waals surface area contributed by atoms with Gasteiger partial charge in [-0.1, -0.05) is 24.6 Å². The number of hydrogen-bond acceptors (Lipinski definition) is 5. The molecule has 0 aromatic carbocycles. The molecule has 7 heteroatoms. The third-order valence-corrected chi connectivity index (χ3v) is 5.59. The van der Waals surface area contributed by atoms with Gasteiger partial charge in [0.15, 0.2) is 11.0 Å². The standard InChI is InChI=1S/C18H25N5OS/c1-3-23-16(15-8-10-19-11-9-15)20-21-18(23)25-14(2)17(24)22-12-6-4-5-7-13-22/h8-11,14H,3-7,12-13H2,1-2H3. The molecule has 2 aromatic rings. The van der Waals surface area contributed by atoms with Gasteiger partial charge >= 0.3 is 0 Å². The molecule has 134 valence electrons. The van der Waals surface area contributed by atoms with Crippen LogP contribution in [0.25, 0.3) is 11.4 Å². The average Bonchev–Trinajstić information content (AvgIpc) is 2.86. The van der Waals surface area contributed by atoms with E-state index in [4.69, 9.17) is 0 Å². The zero-order chi connectivity index (χ0) is 17.6. The first-order chi connectivity index (χ1) is 12.2. The molecule has 6 nitrogen and oxygen atoms in total. The number of pyridine rings is 1. The van der Waals surface area contributed by atoms with E-state index in [9.17, 15) is 4.79 Å². The lowest BCUT2D eigenvalue weighted by atomic mass is 10.2. The molecule has 1 atom stereocenters. The Labute approximate surface area is 153 Å². The van der Waals surface area contributed by atoms with Gasteiger partial charge in [-0.15, -0.1) is 10.2 Å². The van der Waals surface area contributed by atoms with E-state index in [-0.39, 0.29) is 11.2 Å². The first-order valence-electron chi connectivity index (χ1n) is 8.99. The summed E-state index contributed by atoms with van der Waals surface area (Å²) in [7, 11) is 0. The molecule has 0 aliphatic carbocycles. The summed E-state index contributed by atoms with van der Waals surface area (Å²) in [6, 6.07) is 3.85. The number of aromatic nitrogens is 4. The lowest BCUT2D eigenvalue weighted by Crippen LogP contribution is -2.37. The van der Waals surface area contributed by atoms with Crippen LogP contribution < -0.4 is 0 Å². The molecule has 3 rings (SSSR count). The zero-order valence-corrected chi connectivity index (χ0v) is 15.7. The lowest BCUT2D eigenvalue weighted by Gasteiger charge is -2.23. The molecule has 0 radical (unpaired) electrons. The van der Waals surface area contributed by atoms with Gasteiger partial charge in [-0.25, -0.2) is 0 Å². The lowest BCUT2D eigenvalue weighted by molar-refractivity contribution is -0.130. The van der Waals surface area contributed by atoms with Crippen LogP contribution in [0.4, 0.5) is 0 Å². The van der Waals surface area contributed by atoms with Crippen molar-refractivity contribution in [1.29, 1.82) is 0 Å². The van der Waals surface area contributed by atoms with E-state index in [1.165, 1.54) is 24.6 Å².